The van der Waals surface area contributed by atoms with Gasteiger partial charge in [-0.3, -0.25) is 4.79 Å². The Morgan fingerprint density at radius 3 is 2.75 bits per heavy atom. The van der Waals surface area contributed by atoms with Gasteiger partial charge in [0.2, 0.25) is 5.91 Å². The number of carbonyl (C=O) groups is 1. The summed E-state index contributed by atoms with van der Waals surface area (Å²) in [6.45, 7) is 0. The van der Waals surface area contributed by atoms with Crippen molar-refractivity contribution in [3.8, 4) is 9.88 Å². The van der Waals surface area contributed by atoms with Crippen LogP contribution in [0.2, 0.25) is 5.02 Å². The molecule has 4 rings (SSSR count). The van der Waals surface area contributed by atoms with Crippen molar-refractivity contribution in [2.75, 3.05) is 0 Å². The van der Waals surface area contributed by atoms with Gasteiger partial charge in [0.25, 0.3) is 0 Å². The third-order valence-corrected chi connectivity index (χ3v) is 6.43. The number of nitrogens with zero attached hydrogens (tertiary/aromatic N) is 3. The van der Waals surface area contributed by atoms with Crippen LogP contribution < -0.4 is 5.32 Å². The van der Waals surface area contributed by atoms with Gasteiger partial charge >= 0.3 is 0 Å². The van der Waals surface area contributed by atoms with Crippen LogP contribution in [-0.4, -0.2) is 20.4 Å². The highest BCUT2D eigenvalue weighted by molar-refractivity contribution is 7.20. The Morgan fingerprint density at radius 1 is 1.25 bits per heavy atom. The first-order valence-corrected chi connectivity index (χ1v) is 10.7. The van der Waals surface area contributed by atoms with Crippen LogP contribution in [0.3, 0.4) is 0 Å². The van der Waals surface area contributed by atoms with Crippen molar-refractivity contribution in [3.63, 3.8) is 0 Å². The zero-order chi connectivity index (χ0) is 19.5. The lowest BCUT2D eigenvalue weighted by atomic mass is 10.1. The second-order valence-electron chi connectivity index (χ2n) is 6.25. The Hall–Kier alpha value is -2.48. The first-order chi connectivity index (χ1) is 13.6. The van der Waals surface area contributed by atoms with E-state index >= 15 is 0 Å². The normalized spacial score (nSPS) is 12.1. The minimum atomic E-state index is -0.361. The molecule has 1 unspecified atom stereocenters. The summed E-state index contributed by atoms with van der Waals surface area (Å²) in [5, 5.41) is 8.64. The maximum absolute atomic E-state index is 12.8. The molecule has 0 aliphatic rings. The lowest BCUT2D eigenvalue weighted by molar-refractivity contribution is -0.121. The maximum Gasteiger partial charge on any atom is 0.226 e. The topological polar surface area (TPSA) is 59.8 Å². The van der Waals surface area contributed by atoms with Gasteiger partial charge in [-0.15, -0.1) is 22.7 Å². The molecule has 3 heterocycles. The Bertz CT molecular complexity index is 1070. The average molecular weight is 429 g/mol. The number of halogens is 1. The van der Waals surface area contributed by atoms with E-state index in [1.807, 2.05) is 65.0 Å². The molecule has 1 aromatic carbocycles. The van der Waals surface area contributed by atoms with Crippen LogP contribution in [0.25, 0.3) is 9.88 Å². The molecule has 0 bridgehead atoms. The fourth-order valence-corrected chi connectivity index (χ4v) is 4.65. The summed E-state index contributed by atoms with van der Waals surface area (Å²) in [5.41, 5.74) is 1.69. The fourth-order valence-electron chi connectivity index (χ4n) is 2.89. The lowest BCUT2D eigenvalue weighted by Gasteiger charge is -2.19. The summed E-state index contributed by atoms with van der Waals surface area (Å²) < 4.78 is 1.90. The summed E-state index contributed by atoms with van der Waals surface area (Å²) in [6, 6.07) is 11.1. The number of nitrogens with one attached hydrogen (secondary N) is 1. The van der Waals surface area contributed by atoms with Gasteiger partial charge in [0.15, 0.2) is 0 Å². The molecule has 142 valence electrons. The van der Waals surface area contributed by atoms with Crippen LogP contribution in [0.4, 0.5) is 0 Å². The van der Waals surface area contributed by atoms with Crippen molar-refractivity contribution in [2.45, 2.75) is 12.5 Å². The number of rotatable bonds is 6. The highest BCUT2D eigenvalue weighted by Crippen LogP contribution is 2.28. The molecule has 0 spiro atoms. The van der Waals surface area contributed by atoms with Gasteiger partial charge < -0.3 is 9.88 Å². The Labute approximate surface area is 175 Å². The van der Waals surface area contributed by atoms with E-state index in [1.165, 1.54) is 0 Å². The summed E-state index contributed by atoms with van der Waals surface area (Å²) in [5.74, 6) is 0.652. The standard InChI is InChI=1S/C20H17ClN4OS2/c1-25-9-8-22-19(25)18(13-4-6-14(21)7-5-13)24-17(26)11-15-12-28-20(23-15)16-3-2-10-27-16/h2-10,12,18H,11H2,1H3,(H,24,26). The summed E-state index contributed by atoms with van der Waals surface area (Å²) in [7, 11) is 1.91. The van der Waals surface area contributed by atoms with Gasteiger partial charge in [0.1, 0.15) is 16.9 Å². The molecule has 0 aliphatic carbocycles. The summed E-state index contributed by atoms with van der Waals surface area (Å²) in [6.07, 6.45) is 3.80. The van der Waals surface area contributed by atoms with E-state index < -0.39 is 0 Å². The zero-order valence-electron chi connectivity index (χ0n) is 15.0. The van der Waals surface area contributed by atoms with E-state index in [4.69, 9.17) is 11.6 Å². The van der Waals surface area contributed by atoms with Crippen molar-refractivity contribution in [1.29, 1.82) is 0 Å². The van der Waals surface area contributed by atoms with Crippen LogP contribution >= 0.6 is 34.3 Å². The molecule has 5 nitrogen and oxygen atoms in total. The minimum Gasteiger partial charge on any atom is -0.342 e. The van der Waals surface area contributed by atoms with Crippen molar-refractivity contribution in [3.05, 3.63) is 81.7 Å². The molecule has 0 aliphatic heterocycles. The highest BCUT2D eigenvalue weighted by atomic mass is 35.5. The molecule has 28 heavy (non-hydrogen) atoms. The van der Waals surface area contributed by atoms with E-state index in [1.54, 1.807) is 28.9 Å². The number of hydrogen-bond donors (Lipinski definition) is 1. The monoisotopic (exact) mass is 428 g/mol. The number of thiazole rings is 1. The number of hydrogen-bond acceptors (Lipinski definition) is 5. The number of carbonyl (C=O) groups excluding carboxylic acids is 1. The molecule has 0 radical (unpaired) electrons. The fraction of sp³-hybridized carbons (Fsp3) is 0.150. The predicted molar refractivity (Wildman–Crippen MR) is 114 cm³/mol. The van der Waals surface area contributed by atoms with Crippen molar-refractivity contribution < 1.29 is 4.79 Å². The molecular weight excluding hydrogens is 412 g/mol. The SMILES string of the molecule is Cn1ccnc1C(NC(=O)Cc1csc(-c2cccs2)n1)c1ccc(Cl)cc1. The first-order valence-electron chi connectivity index (χ1n) is 8.60. The van der Waals surface area contributed by atoms with Gasteiger partial charge in [-0.05, 0) is 29.1 Å². The predicted octanol–water partition coefficient (Wildman–Crippen LogP) is 4.71. The molecule has 4 aromatic rings. The van der Waals surface area contributed by atoms with E-state index in [2.05, 4.69) is 15.3 Å². The maximum atomic E-state index is 12.8. The first kappa shape index (κ1) is 18.9. The molecular formula is C20H17ClN4OS2. The van der Waals surface area contributed by atoms with E-state index in [0.717, 1.165) is 27.0 Å². The van der Waals surface area contributed by atoms with Gasteiger partial charge in [0.05, 0.1) is 17.0 Å². The van der Waals surface area contributed by atoms with Crippen LogP contribution in [0.15, 0.2) is 59.6 Å². The molecule has 8 heteroatoms. The van der Waals surface area contributed by atoms with E-state index in [-0.39, 0.29) is 18.4 Å². The van der Waals surface area contributed by atoms with Gasteiger partial charge in [-0.25, -0.2) is 9.97 Å². The molecule has 1 atom stereocenters. The largest absolute Gasteiger partial charge is 0.342 e. The second kappa shape index (κ2) is 8.26. The average Bonchev–Trinajstić information content (AvgIpc) is 3.42. The molecule has 1 N–H and O–H groups in total. The third kappa shape index (κ3) is 4.16. The van der Waals surface area contributed by atoms with Gasteiger partial charge in [0, 0.05) is 29.8 Å². The smallest absolute Gasteiger partial charge is 0.226 e. The Morgan fingerprint density at radius 2 is 2.07 bits per heavy atom. The van der Waals surface area contributed by atoms with Crippen LogP contribution in [-0.2, 0) is 18.3 Å². The summed E-state index contributed by atoms with van der Waals surface area (Å²) >= 11 is 9.21. The van der Waals surface area contributed by atoms with E-state index in [9.17, 15) is 4.79 Å². The van der Waals surface area contributed by atoms with Crippen LogP contribution in [0, 0.1) is 0 Å². The molecule has 0 saturated carbocycles. The molecule has 0 saturated heterocycles. The third-order valence-electron chi connectivity index (χ3n) is 4.25. The van der Waals surface area contributed by atoms with Gasteiger partial charge in [-0.2, -0.15) is 0 Å². The number of thiophene rings is 1. The molecule has 0 fully saturated rings. The number of imidazole rings is 1. The molecule has 3 aromatic heterocycles. The number of benzene rings is 1. The van der Waals surface area contributed by atoms with Crippen LogP contribution in [0.5, 0.6) is 0 Å². The minimum absolute atomic E-state index is 0.106. The highest BCUT2D eigenvalue weighted by Gasteiger charge is 2.21. The molecule has 1 amide bonds. The van der Waals surface area contributed by atoms with E-state index in [0.29, 0.717) is 5.02 Å². The number of aromatic nitrogens is 3. The number of aryl methyl sites for hydroxylation is 1. The van der Waals surface area contributed by atoms with Crippen molar-refractivity contribution in [2.24, 2.45) is 7.05 Å². The Balaban J connectivity index is 1.52. The number of amides is 1. The zero-order valence-corrected chi connectivity index (χ0v) is 17.4. The second-order valence-corrected chi connectivity index (χ2v) is 8.49. The quantitative estimate of drug-likeness (QED) is 0.484. The van der Waals surface area contributed by atoms with Crippen molar-refractivity contribution >= 4 is 40.2 Å². The van der Waals surface area contributed by atoms with Gasteiger partial charge in [-0.1, -0.05) is 29.8 Å². The van der Waals surface area contributed by atoms with Crippen molar-refractivity contribution in [1.82, 2.24) is 19.9 Å². The summed E-state index contributed by atoms with van der Waals surface area (Å²) in [4.78, 5) is 22.9. The van der Waals surface area contributed by atoms with Crippen LogP contribution in [0.1, 0.15) is 23.1 Å². The Kier molecular flexibility index (Phi) is 5.57. The lowest BCUT2D eigenvalue weighted by Crippen LogP contribution is -2.32.